The van der Waals surface area contributed by atoms with Crippen LogP contribution in [0.15, 0.2) is 14.7 Å². The first kappa shape index (κ1) is 15.2. The molecule has 0 unspecified atom stereocenters. The third-order valence-corrected chi connectivity index (χ3v) is 3.29. The average Bonchev–Trinajstić information content (AvgIpc) is 2.73. The highest BCUT2D eigenvalue weighted by Gasteiger charge is 2.45. The molecule has 2 rings (SSSR count). The molecule has 1 fully saturated rings. The summed E-state index contributed by atoms with van der Waals surface area (Å²) < 4.78 is 6.10. The number of aliphatic hydroxyl groups is 3. The maximum Gasteiger partial charge on any atom is 0.328 e. The van der Waals surface area contributed by atoms with E-state index in [1.807, 2.05) is 4.98 Å². The molecule has 0 saturated carbocycles. The molecule has 0 radical (unpaired) electrons. The lowest BCUT2D eigenvalue weighted by molar-refractivity contribution is -0.0231. The van der Waals surface area contributed by atoms with E-state index in [1.54, 1.807) is 0 Å². The van der Waals surface area contributed by atoms with Crippen molar-refractivity contribution in [3.8, 4) is 0 Å². The molecule has 1 aromatic heterocycles. The van der Waals surface area contributed by atoms with Crippen LogP contribution in [-0.2, 0) is 11.8 Å². The van der Waals surface area contributed by atoms with Crippen LogP contribution in [0, 0.1) is 0 Å². The largest absolute Gasteiger partial charge is 0.394 e. The van der Waals surface area contributed by atoms with E-state index in [2.05, 4.69) is 10.0 Å². The second-order valence-electron chi connectivity index (χ2n) is 4.50. The number of hydrogen-bond acceptors (Lipinski definition) is 7. The Kier molecular flexibility index (Phi) is 4.11. The minimum atomic E-state index is -1.52. The molecule has 0 amide bonds. The van der Waals surface area contributed by atoms with Gasteiger partial charge in [-0.3, -0.25) is 14.3 Å². The quantitative estimate of drug-likeness (QED) is 0.290. The second kappa shape index (κ2) is 5.68. The van der Waals surface area contributed by atoms with Crippen molar-refractivity contribution < 1.29 is 20.1 Å². The Bertz CT molecular complexity index is 705. The maximum atomic E-state index is 11.9. The van der Waals surface area contributed by atoms with Crippen molar-refractivity contribution in [1.82, 2.24) is 9.55 Å². The van der Waals surface area contributed by atoms with E-state index in [0.29, 0.717) is 0 Å². The standard InChI is InChI=1S/C10H13N5O6/c1-15-8(13-14-11)4(9(19)12-10(15)20)7-6(18)5(17)3(2-16)21-7/h3,5-7,16-18H,2H2,1H3,(H,12,19,20)/t3-,5-,6-,7+/m1/s1. The van der Waals surface area contributed by atoms with Crippen LogP contribution in [0.1, 0.15) is 11.7 Å². The van der Waals surface area contributed by atoms with Crippen LogP contribution >= 0.6 is 0 Å². The van der Waals surface area contributed by atoms with E-state index in [4.69, 9.17) is 15.4 Å². The zero-order valence-electron chi connectivity index (χ0n) is 10.9. The predicted molar refractivity (Wildman–Crippen MR) is 67.8 cm³/mol. The summed E-state index contributed by atoms with van der Waals surface area (Å²) in [6, 6.07) is 0. The lowest BCUT2D eigenvalue weighted by atomic mass is 10.0. The molecule has 0 spiro atoms. The predicted octanol–water partition coefficient (Wildman–Crippen LogP) is -1.83. The first-order valence-corrected chi connectivity index (χ1v) is 5.93. The van der Waals surface area contributed by atoms with Gasteiger partial charge in [-0.1, -0.05) is 0 Å². The van der Waals surface area contributed by atoms with Gasteiger partial charge in [0, 0.05) is 12.0 Å². The van der Waals surface area contributed by atoms with Gasteiger partial charge in [0.05, 0.1) is 12.2 Å². The van der Waals surface area contributed by atoms with Crippen LogP contribution in [0.5, 0.6) is 0 Å². The summed E-state index contributed by atoms with van der Waals surface area (Å²) in [7, 11) is 1.26. The van der Waals surface area contributed by atoms with Gasteiger partial charge >= 0.3 is 5.69 Å². The molecule has 1 aliphatic heterocycles. The Morgan fingerprint density at radius 2 is 2.10 bits per heavy atom. The van der Waals surface area contributed by atoms with E-state index in [9.17, 15) is 19.8 Å². The number of rotatable bonds is 3. The van der Waals surface area contributed by atoms with Crippen LogP contribution < -0.4 is 11.2 Å². The molecule has 1 saturated heterocycles. The summed E-state index contributed by atoms with van der Waals surface area (Å²) in [6.45, 7) is -0.574. The van der Waals surface area contributed by atoms with Gasteiger partial charge in [0.2, 0.25) is 0 Å². The van der Waals surface area contributed by atoms with Crippen LogP contribution in [0.3, 0.4) is 0 Å². The zero-order chi connectivity index (χ0) is 15.7. The molecular formula is C10H13N5O6. The molecule has 21 heavy (non-hydrogen) atoms. The molecule has 0 bridgehead atoms. The summed E-state index contributed by atoms with van der Waals surface area (Å²) in [6.07, 6.45) is -5.38. The van der Waals surface area contributed by atoms with E-state index in [-0.39, 0.29) is 11.4 Å². The van der Waals surface area contributed by atoms with Crippen molar-refractivity contribution in [3.05, 3.63) is 36.8 Å². The minimum Gasteiger partial charge on any atom is -0.394 e. The van der Waals surface area contributed by atoms with Crippen LogP contribution in [-0.4, -0.2) is 49.8 Å². The molecule has 0 aliphatic carbocycles. The van der Waals surface area contributed by atoms with Crippen molar-refractivity contribution >= 4 is 5.82 Å². The number of hydrogen-bond donors (Lipinski definition) is 4. The van der Waals surface area contributed by atoms with E-state index in [0.717, 1.165) is 4.57 Å². The van der Waals surface area contributed by atoms with Gasteiger partial charge in [0.25, 0.3) is 5.56 Å². The summed E-state index contributed by atoms with van der Waals surface area (Å²) in [5.74, 6) is -0.332. The number of aliphatic hydroxyl groups excluding tert-OH is 3. The average molecular weight is 299 g/mol. The lowest BCUT2D eigenvalue weighted by Crippen LogP contribution is -2.35. The fourth-order valence-electron chi connectivity index (χ4n) is 2.18. The zero-order valence-corrected chi connectivity index (χ0v) is 10.9. The Balaban J connectivity index is 2.64. The van der Waals surface area contributed by atoms with E-state index in [1.165, 1.54) is 7.05 Å². The van der Waals surface area contributed by atoms with Crippen molar-refractivity contribution in [1.29, 1.82) is 0 Å². The van der Waals surface area contributed by atoms with E-state index >= 15 is 0 Å². The highest BCUT2D eigenvalue weighted by molar-refractivity contribution is 5.40. The van der Waals surface area contributed by atoms with Crippen LogP contribution in [0.2, 0.25) is 0 Å². The third-order valence-electron chi connectivity index (χ3n) is 3.29. The molecular weight excluding hydrogens is 286 g/mol. The summed E-state index contributed by atoms with van der Waals surface area (Å²) in [5, 5.41) is 31.9. The van der Waals surface area contributed by atoms with Gasteiger partial charge in [-0.15, -0.1) is 0 Å². The number of ether oxygens (including phenoxy) is 1. The topological polar surface area (TPSA) is 174 Å². The molecule has 11 nitrogen and oxygen atoms in total. The van der Waals surface area contributed by atoms with Crippen molar-refractivity contribution in [2.75, 3.05) is 6.61 Å². The number of H-pyrrole nitrogens is 1. The molecule has 0 aromatic carbocycles. The first-order valence-electron chi connectivity index (χ1n) is 5.93. The van der Waals surface area contributed by atoms with Crippen molar-refractivity contribution in [2.24, 2.45) is 12.2 Å². The Labute approximate surface area is 116 Å². The normalized spacial score (nSPS) is 28.4. The smallest absolute Gasteiger partial charge is 0.328 e. The molecule has 4 N–H and O–H groups in total. The maximum absolute atomic E-state index is 11.9. The van der Waals surface area contributed by atoms with Crippen molar-refractivity contribution in [3.63, 3.8) is 0 Å². The lowest BCUT2D eigenvalue weighted by Gasteiger charge is -2.17. The highest BCUT2D eigenvalue weighted by atomic mass is 16.6. The minimum absolute atomic E-state index is 0.294. The van der Waals surface area contributed by atoms with Gasteiger partial charge in [-0.2, -0.15) is 0 Å². The summed E-state index contributed by atoms with van der Waals surface area (Å²) in [5.41, 5.74) is 6.54. The Morgan fingerprint density at radius 3 is 2.62 bits per heavy atom. The Morgan fingerprint density at radius 1 is 1.43 bits per heavy atom. The van der Waals surface area contributed by atoms with Crippen molar-refractivity contribution in [2.45, 2.75) is 24.4 Å². The van der Waals surface area contributed by atoms with E-state index < -0.39 is 42.3 Å². The van der Waals surface area contributed by atoms with Gasteiger partial charge in [-0.25, -0.2) is 4.79 Å². The SMILES string of the molecule is Cn1c(N=[N+]=[N-])c([C@@H]2O[C@H](CO)[C@@H](O)[C@H]2O)c(=O)[nH]c1=O. The second-order valence-corrected chi connectivity index (χ2v) is 4.50. The third kappa shape index (κ3) is 2.44. The monoisotopic (exact) mass is 299 g/mol. The summed E-state index contributed by atoms with van der Waals surface area (Å²) >= 11 is 0. The number of aromatic amines is 1. The molecule has 1 aromatic rings. The fourth-order valence-corrected chi connectivity index (χ4v) is 2.18. The number of nitrogens with one attached hydrogen (secondary N) is 1. The fraction of sp³-hybridized carbons (Fsp3) is 0.600. The summed E-state index contributed by atoms with van der Waals surface area (Å²) in [4.78, 5) is 27.9. The highest BCUT2D eigenvalue weighted by Crippen LogP contribution is 2.35. The number of azide groups is 1. The molecule has 11 heteroatoms. The first-order chi connectivity index (χ1) is 9.92. The number of aromatic nitrogens is 2. The van der Waals surface area contributed by atoms with Crippen LogP contribution in [0.25, 0.3) is 10.4 Å². The van der Waals surface area contributed by atoms with Gasteiger partial charge in [-0.05, 0) is 10.6 Å². The Hall–Kier alpha value is -2.17. The molecule has 4 atom stereocenters. The number of nitrogens with zero attached hydrogens (tertiary/aromatic N) is 4. The van der Waals surface area contributed by atoms with Gasteiger partial charge < -0.3 is 20.1 Å². The molecule has 1 aliphatic rings. The van der Waals surface area contributed by atoms with Crippen LogP contribution in [0.4, 0.5) is 5.82 Å². The van der Waals surface area contributed by atoms with Gasteiger partial charge in [0.15, 0.2) is 0 Å². The molecule has 2 heterocycles. The molecule has 114 valence electrons. The van der Waals surface area contributed by atoms with Gasteiger partial charge in [0.1, 0.15) is 30.2 Å².